The Morgan fingerprint density at radius 2 is 2.00 bits per heavy atom. The molecule has 0 radical (unpaired) electrons. The number of benzene rings is 1. The van der Waals surface area contributed by atoms with Crippen molar-refractivity contribution >= 4 is 33.2 Å². The molecule has 2 rings (SSSR count). The third-order valence-electron chi connectivity index (χ3n) is 2.78. The van der Waals surface area contributed by atoms with E-state index in [-0.39, 0.29) is 0 Å². The van der Waals surface area contributed by atoms with Gasteiger partial charge in [-0.25, -0.2) is 0 Å². The molecule has 0 spiro atoms. The van der Waals surface area contributed by atoms with E-state index < -0.39 is 11.9 Å². The van der Waals surface area contributed by atoms with E-state index in [9.17, 15) is 9.90 Å². The predicted molar refractivity (Wildman–Crippen MR) is 80.5 cm³/mol. The number of carboxylic acids is 1. The monoisotopic (exact) mass is 339 g/mol. The average Bonchev–Trinajstić information content (AvgIpc) is 2.81. The van der Waals surface area contributed by atoms with Gasteiger partial charge in [-0.3, -0.25) is 4.79 Å². The van der Waals surface area contributed by atoms with Crippen molar-refractivity contribution in [2.45, 2.75) is 12.5 Å². The highest BCUT2D eigenvalue weighted by Gasteiger charge is 2.18. The van der Waals surface area contributed by atoms with Crippen molar-refractivity contribution in [1.82, 2.24) is 5.32 Å². The first-order chi connectivity index (χ1) is 9.16. The van der Waals surface area contributed by atoms with Crippen LogP contribution in [0, 0.1) is 0 Å². The minimum absolute atomic E-state index is 0.425. The number of nitrogens with one attached hydrogen (secondary N) is 1. The van der Waals surface area contributed by atoms with Gasteiger partial charge in [-0.15, -0.1) is 11.3 Å². The van der Waals surface area contributed by atoms with E-state index >= 15 is 0 Å². The first-order valence-corrected chi connectivity index (χ1v) is 7.50. The lowest BCUT2D eigenvalue weighted by atomic mass is 9.99. The summed E-state index contributed by atoms with van der Waals surface area (Å²) in [5.74, 6) is -1.31. The molecule has 19 heavy (non-hydrogen) atoms. The number of rotatable bonds is 6. The molecule has 1 atom stereocenters. The zero-order valence-electron chi connectivity index (χ0n) is 10.2. The third-order valence-corrected chi connectivity index (χ3v) is 4.40. The number of carbonyl (C=O) groups is 1. The highest BCUT2D eigenvalue weighted by Crippen LogP contribution is 2.22. The largest absolute Gasteiger partial charge is 0.481 e. The van der Waals surface area contributed by atoms with Gasteiger partial charge in [-0.05, 0) is 33.6 Å². The van der Waals surface area contributed by atoms with Gasteiger partial charge in [0.1, 0.15) is 0 Å². The summed E-state index contributed by atoms with van der Waals surface area (Å²) < 4.78 is 1.09. The minimum Gasteiger partial charge on any atom is -0.481 e. The summed E-state index contributed by atoms with van der Waals surface area (Å²) >= 11 is 5.06. The van der Waals surface area contributed by atoms with E-state index in [1.165, 1.54) is 4.88 Å². The van der Waals surface area contributed by atoms with Gasteiger partial charge in [0.05, 0.1) is 9.70 Å². The van der Waals surface area contributed by atoms with E-state index in [4.69, 9.17) is 0 Å². The second-order valence-corrected chi connectivity index (χ2v) is 6.69. The zero-order valence-corrected chi connectivity index (χ0v) is 12.6. The molecule has 1 unspecified atom stereocenters. The molecule has 3 nitrogen and oxygen atoms in total. The van der Waals surface area contributed by atoms with Gasteiger partial charge in [0.2, 0.25) is 0 Å². The number of hydrogen-bond donors (Lipinski definition) is 2. The Bertz CT molecular complexity index is 541. The lowest BCUT2D eigenvalue weighted by molar-refractivity contribution is -0.138. The van der Waals surface area contributed by atoms with Crippen molar-refractivity contribution in [3.05, 3.63) is 56.7 Å². The number of carboxylic acid groups (broad SMARTS) is 1. The van der Waals surface area contributed by atoms with Crippen molar-refractivity contribution in [2.75, 3.05) is 6.54 Å². The molecule has 0 bridgehead atoms. The van der Waals surface area contributed by atoms with Crippen LogP contribution in [0.25, 0.3) is 0 Å². The molecule has 0 saturated heterocycles. The SMILES string of the molecule is O=C(O)C(CNCc1ccc(Br)s1)c1ccccc1. The molecule has 100 valence electrons. The van der Waals surface area contributed by atoms with Crippen LogP contribution in [0.5, 0.6) is 0 Å². The van der Waals surface area contributed by atoms with Crippen LogP contribution in [0.1, 0.15) is 16.4 Å². The molecule has 0 aliphatic carbocycles. The van der Waals surface area contributed by atoms with E-state index in [0.717, 1.165) is 9.35 Å². The highest BCUT2D eigenvalue weighted by molar-refractivity contribution is 9.11. The number of halogens is 1. The van der Waals surface area contributed by atoms with Crippen LogP contribution in [-0.4, -0.2) is 17.6 Å². The molecule has 5 heteroatoms. The molecule has 0 aliphatic rings. The Morgan fingerprint density at radius 1 is 1.26 bits per heavy atom. The average molecular weight is 340 g/mol. The maximum Gasteiger partial charge on any atom is 0.312 e. The van der Waals surface area contributed by atoms with Gasteiger partial charge >= 0.3 is 5.97 Å². The summed E-state index contributed by atoms with van der Waals surface area (Å²) in [6, 6.07) is 13.3. The smallest absolute Gasteiger partial charge is 0.312 e. The standard InChI is InChI=1S/C14H14BrNO2S/c15-13-7-6-11(19-13)8-16-9-12(14(17)18)10-4-2-1-3-5-10/h1-7,12,16H,8-9H2,(H,17,18). The van der Waals surface area contributed by atoms with Crippen molar-refractivity contribution < 1.29 is 9.90 Å². The molecule has 1 aromatic heterocycles. The van der Waals surface area contributed by atoms with Gasteiger partial charge in [-0.1, -0.05) is 30.3 Å². The Labute approximate surface area is 124 Å². The minimum atomic E-state index is -0.800. The molecular formula is C14H14BrNO2S. The first-order valence-electron chi connectivity index (χ1n) is 5.89. The van der Waals surface area contributed by atoms with Gasteiger partial charge in [0.25, 0.3) is 0 Å². The number of thiophene rings is 1. The molecular weight excluding hydrogens is 326 g/mol. The second-order valence-electron chi connectivity index (χ2n) is 4.14. The van der Waals surface area contributed by atoms with E-state index in [1.807, 2.05) is 42.5 Å². The van der Waals surface area contributed by atoms with Crippen LogP contribution >= 0.6 is 27.3 Å². The van der Waals surface area contributed by atoms with Crippen LogP contribution in [0.15, 0.2) is 46.3 Å². The normalized spacial score (nSPS) is 12.3. The molecule has 2 N–H and O–H groups in total. The summed E-state index contributed by atoms with van der Waals surface area (Å²) in [5, 5.41) is 12.5. The van der Waals surface area contributed by atoms with Gasteiger partial charge in [0, 0.05) is 18.0 Å². The molecule has 1 aromatic carbocycles. The van der Waals surface area contributed by atoms with Crippen molar-refractivity contribution in [2.24, 2.45) is 0 Å². The fraction of sp³-hybridized carbons (Fsp3) is 0.214. The molecule has 2 aromatic rings. The molecule has 0 saturated carbocycles. The van der Waals surface area contributed by atoms with Crippen molar-refractivity contribution in [3.63, 3.8) is 0 Å². The number of hydrogen-bond acceptors (Lipinski definition) is 3. The van der Waals surface area contributed by atoms with Crippen LogP contribution < -0.4 is 5.32 Å². The lowest BCUT2D eigenvalue weighted by Crippen LogP contribution is -2.26. The van der Waals surface area contributed by atoms with Crippen LogP contribution in [0.3, 0.4) is 0 Å². The van der Waals surface area contributed by atoms with Gasteiger partial charge in [-0.2, -0.15) is 0 Å². The van der Waals surface area contributed by atoms with E-state index in [2.05, 4.69) is 21.2 Å². The Hall–Kier alpha value is -1.17. The van der Waals surface area contributed by atoms with E-state index in [1.54, 1.807) is 11.3 Å². The van der Waals surface area contributed by atoms with Crippen LogP contribution in [0.2, 0.25) is 0 Å². The molecule has 0 amide bonds. The molecule has 0 aliphatic heterocycles. The van der Waals surface area contributed by atoms with Crippen molar-refractivity contribution in [1.29, 1.82) is 0 Å². The summed E-state index contributed by atoms with van der Waals surface area (Å²) in [6.07, 6.45) is 0. The Morgan fingerprint density at radius 3 is 2.58 bits per heavy atom. The maximum absolute atomic E-state index is 11.3. The summed E-state index contributed by atoms with van der Waals surface area (Å²) in [5.41, 5.74) is 0.829. The van der Waals surface area contributed by atoms with Crippen LogP contribution in [0.4, 0.5) is 0 Å². The fourth-order valence-electron chi connectivity index (χ4n) is 1.82. The van der Waals surface area contributed by atoms with E-state index in [0.29, 0.717) is 13.1 Å². The summed E-state index contributed by atoms with van der Waals surface area (Å²) in [7, 11) is 0. The highest BCUT2D eigenvalue weighted by atomic mass is 79.9. The summed E-state index contributed by atoms with van der Waals surface area (Å²) in [6.45, 7) is 1.11. The molecule has 0 fully saturated rings. The Balaban J connectivity index is 1.93. The van der Waals surface area contributed by atoms with Crippen molar-refractivity contribution in [3.8, 4) is 0 Å². The molecule has 1 heterocycles. The van der Waals surface area contributed by atoms with Gasteiger partial charge in [0.15, 0.2) is 0 Å². The first kappa shape index (κ1) is 14.2. The van der Waals surface area contributed by atoms with Crippen LogP contribution in [-0.2, 0) is 11.3 Å². The second kappa shape index (κ2) is 6.84. The maximum atomic E-state index is 11.3. The lowest BCUT2D eigenvalue weighted by Gasteiger charge is -2.13. The summed E-state index contributed by atoms with van der Waals surface area (Å²) in [4.78, 5) is 12.5. The zero-order chi connectivity index (χ0) is 13.7. The predicted octanol–water partition coefficient (Wildman–Crippen LogP) is 3.47. The third kappa shape index (κ3) is 4.16. The Kier molecular flexibility index (Phi) is 5.13. The van der Waals surface area contributed by atoms with Gasteiger partial charge < -0.3 is 10.4 Å². The quantitative estimate of drug-likeness (QED) is 0.847. The number of aliphatic carboxylic acids is 1. The topological polar surface area (TPSA) is 49.3 Å². The fourth-order valence-corrected chi connectivity index (χ4v) is 3.27.